The summed E-state index contributed by atoms with van der Waals surface area (Å²) in [5.74, 6) is -1.13. The summed E-state index contributed by atoms with van der Waals surface area (Å²) in [5, 5.41) is 11.3. The summed E-state index contributed by atoms with van der Waals surface area (Å²) in [5.41, 5.74) is 5.33. The van der Waals surface area contributed by atoms with Crippen molar-refractivity contribution in [3.63, 3.8) is 0 Å². The topological polar surface area (TPSA) is 108 Å². The molecule has 4 N–H and O–H groups in total. The van der Waals surface area contributed by atoms with Gasteiger partial charge in [0.25, 0.3) is 0 Å². The molecule has 1 fully saturated rings. The number of nitrogens with zero attached hydrogens (tertiary/aromatic N) is 2. The summed E-state index contributed by atoms with van der Waals surface area (Å²) in [6.45, 7) is 0.924. The van der Waals surface area contributed by atoms with Gasteiger partial charge < -0.3 is 10.9 Å². The van der Waals surface area contributed by atoms with Crippen LogP contribution in [-0.2, 0) is 10.2 Å². The Labute approximate surface area is 122 Å². The number of hydrogen-bond acceptors (Lipinski definition) is 4. The van der Waals surface area contributed by atoms with Gasteiger partial charge >= 0.3 is 10.2 Å². The van der Waals surface area contributed by atoms with Crippen LogP contribution in [0.5, 0.6) is 0 Å². The molecule has 2 rings (SSSR count). The number of rotatable bonds is 4. The molecule has 1 saturated heterocycles. The van der Waals surface area contributed by atoms with Gasteiger partial charge in [-0.2, -0.15) is 12.7 Å². The van der Waals surface area contributed by atoms with Crippen LogP contribution < -0.4 is 10.5 Å². The highest BCUT2D eigenvalue weighted by molar-refractivity contribution is 7.90. The van der Waals surface area contributed by atoms with E-state index in [9.17, 15) is 12.8 Å². The summed E-state index contributed by atoms with van der Waals surface area (Å²) in [6, 6.07) is 3.53. The van der Waals surface area contributed by atoms with Gasteiger partial charge in [-0.05, 0) is 31.0 Å². The predicted octanol–water partition coefficient (Wildman–Crippen LogP) is 1.06. The fraction of sp³-hybridized carbons (Fsp3) is 0.417. The van der Waals surface area contributed by atoms with E-state index in [1.165, 1.54) is 16.4 Å². The highest BCUT2D eigenvalue weighted by Gasteiger charge is 2.24. The molecule has 0 aromatic heterocycles. The molecule has 7 nitrogen and oxygen atoms in total. The Morgan fingerprint density at radius 3 is 2.62 bits per heavy atom. The number of piperidine rings is 1. The Hall–Kier alpha value is -1.87. The van der Waals surface area contributed by atoms with Crippen LogP contribution in [0.3, 0.4) is 0 Å². The fourth-order valence-electron chi connectivity index (χ4n) is 2.16. The first-order valence-electron chi connectivity index (χ1n) is 6.49. The first-order chi connectivity index (χ1) is 9.94. The molecule has 0 radical (unpaired) electrons. The van der Waals surface area contributed by atoms with Crippen molar-refractivity contribution in [3.05, 3.63) is 29.6 Å². The maximum absolute atomic E-state index is 13.5. The van der Waals surface area contributed by atoms with Gasteiger partial charge in [-0.1, -0.05) is 11.6 Å². The van der Waals surface area contributed by atoms with Gasteiger partial charge in [0, 0.05) is 13.1 Å². The summed E-state index contributed by atoms with van der Waals surface area (Å²) in [4.78, 5) is 0. The van der Waals surface area contributed by atoms with Gasteiger partial charge in [-0.15, -0.1) is 0 Å². The quantitative estimate of drug-likeness (QED) is 0.334. The number of oxime groups is 1. The number of anilines is 1. The van der Waals surface area contributed by atoms with Gasteiger partial charge in [0.1, 0.15) is 5.82 Å². The van der Waals surface area contributed by atoms with Crippen LogP contribution in [0, 0.1) is 5.82 Å². The fourth-order valence-corrected chi connectivity index (χ4v) is 3.45. The van der Waals surface area contributed by atoms with E-state index in [0.717, 1.165) is 25.3 Å². The standard InChI is InChI=1S/C12H17FN4O3S/c13-11-5-4-9(8-10(11)12(14)15-18)16-21(19,20)17-6-2-1-3-7-17/h4-5,8,16,18H,1-3,6-7H2,(H2,14,15). The number of hydrogen-bond donors (Lipinski definition) is 3. The van der Waals surface area contributed by atoms with Gasteiger partial charge in [0.05, 0.1) is 11.3 Å². The lowest BCUT2D eigenvalue weighted by atomic mass is 10.2. The molecule has 1 aliphatic rings. The molecule has 21 heavy (non-hydrogen) atoms. The Balaban J connectivity index is 2.23. The minimum atomic E-state index is -3.68. The van der Waals surface area contributed by atoms with Crippen LogP contribution in [0.25, 0.3) is 0 Å². The Morgan fingerprint density at radius 2 is 2.00 bits per heavy atom. The summed E-state index contributed by atoms with van der Waals surface area (Å²) >= 11 is 0. The Kier molecular flexibility index (Phi) is 4.63. The van der Waals surface area contributed by atoms with Crippen molar-refractivity contribution in [1.82, 2.24) is 4.31 Å². The van der Waals surface area contributed by atoms with Crippen molar-refractivity contribution in [2.45, 2.75) is 19.3 Å². The van der Waals surface area contributed by atoms with E-state index in [0.29, 0.717) is 13.1 Å². The molecule has 1 aromatic carbocycles. The summed E-state index contributed by atoms with van der Waals surface area (Å²) in [7, 11) is -3.68. The van der Waals surface area contributed by atoms with E-state index >= 15 is 0 Å². The van der Waals surface area contributed by atoms with E-state index in [-0.39, 0.29) is 11.3 Å². The van der Waals surface area contributed by atoms with Gasteiger partial charge in [-0.3, -0.25) is 4.72 Å². The smallest absolute Gasteiger partial charge is 0.301 e. The van der Waals surface area contributed by atoms with Crippen LogP contribution in [0.1, 0.15) is 24.8 Å². The van der Waals surface area contributed by atoms with E-state index in [1.807, 2.05) is 0 Å². The van der Waals surface area contributed by atoms with E-state index < -0.39 is 21.9 Å². The molecule has 0 aliphatic carbocycles. The van der Waals surface area contributed by atoms with Gasteiger partial charge in [0.15, 0.2) is 5.84 Å². The normalized spacial score (nSPS) is 17.7. The molecule has 0 unspecified atom stereocenters. The lowest BCUT2D eigenvalue weighted by Gasteiger charge is -2.26. The van der Waals surface area contributed by atoms with E-state index in [1.54, 1.807) is 0 Å². The summed E-state index contributed by atoms with van der Waals surface area (Å²) in [6.07, 6.45) is 2.65. The SMILES string of the molecule is NC(=NO)c1cc(NS(=O)(=O)N2CCCCC2)ccc1F. The molecule has 0 spiro atoms. The molecule has 0 saturated carbocycles. The molecular weight excluding hydrogens is 299 g/mol. The van der Waals surface area contributed by atoms with Crippen LogP contribution in [0.2, 0.25) is 0 Å². The zero-order valence-electron chi connectivity index (χ0n) is 11.3. The maximum atomic E-state index is 13.5. The van der Waals surface area contributed by atoms with Crippen molar-refractivity contribution < 1.29 is 18.0 Å². The number of halogens is 1. The van der Waals surface area contributed by atoms with E-state index in [2.05, 4.69) is 9.88 Å². The second-order valence-electron chi connectivity index (χ2n) is 4.75. The molecule has 1 aromatic rings. The largest absolute Gasteiger partial charge is 0.409 e. The first-order valence-corrected chi connectivity index (χ1v) is 7.93. The van der Waals surface area contributed by atoms with Crippen molar-refractivity contribution in [2.24, 2.45) is 10.9 Å². The minimum absolute atomic E-state index is 0.156. The van der Waals surface area contributed by atoms with Gasteiger partial charge in [-0.25, -0.2) is 4.39 Å². The van der Waals surface area contributed by atoms with Crippen LogP contribution in [0.15, 0.2) is 23.4 Å². The second kappa shape index (κ2) is 6.27. The predicted molar refractivity (Wildman–Crippen MR) is 76.9 cm³/mol. The molecule has 1 heterocycles. The average Bonchev–Trinajstić information content (AvgIpc) is 2.49. The van der Waals surface area contributed by atoms with Crippen LogP contribution in [-0.4, -0.2) is 36.9 Å². The van der Waals surface area contributed by atoms with Crippen molar-refractivity contribution >= 4 is 21.7 Å². The lowest BCUT2D eigenvalue weighted by molar-refractivity contribution is 0.318. The number of nitrogens with two attached hydrogens (primary N) is 1. The first kappa shape index (κ1) is 15.5. The van der Waals surface area contributed by atoms with Crippen LogP contribution >= 0.6 is 0 Å². The molecule has 9 heteroatoms. The van der Waals surface area contributed by atoms with Gasteiger partial charge in [0.2, 0.25) is 0 Å². The lowest BCUT2D eigenvalue weighted by Crippen LogP contribution is -2.39. The third-order valence-corrected chi connectivity index (χ3v) is 4.79. The molecular formula is C12H17FN4O3S. The third-order valence-electron chi connectivity index (χ3n) is 3.25. The zero-order valence-corrected chi connectivity index (χ0v) is 12.1. The minimum Gasteiger partial charge on any atom is -0.409 e. The van der Waals surface area contributed by atoms with E-state index in [4.69, 9.17) is 10.9 Å². The average molecular weight is 316 g/mol. The third kappa shape index (κ3) is 3.61. The van der Waals surface area contributed by atoms with Crippen molar-refractivity contribution in [1.29, 1.82) is 0 Å². The highest BCUT2D eigenvalue weighted by Crippen LogP contribution is 2.19. The zero-order chi connectivity index (χ0) is 15.5. The molecule has 116 valence electrons. The molecule has 0 bridgehead atoms. The monoisotopic (exact) mass is 316 g/mol. The summed E-state index contributed by atoms with van der Waals surface area (Å²) < 4.78 is 41.7. The Bertz CT molecular complexity index is 642. The molecule has 0 amide bonds. The second-order valence-corrected chi connectivity index (χ2v) is 6.42. The molecule has 0 atom stereocenters. The number of benzene rings is 1. The Morgan fingerprint density at radius 1 is 1.33 bits per heavy atom. The number of amidine groups is 1. The van der Waals surface area contributed by atoms with Crippen molar-refractivity contribution in [3.8, 4) is 0 Å². The number of nitrogens with one attached hydrogen (secondary N) is 1. The maximum Gasteiger partial charge on any atom is 0.301 e. The van der Waals surface area contributed by atoms with Crippen molar-refractivity contribution in [2.75, 3.05) is 17.8 Å². The van der Waals surface area contributed by atoms with Crippen LogP contribution in [0.4, 0.5) is 10.1 Å². The highest BCUT2D eigenvalue weighted by atomic mass is 32.2. The molecule has 1 aliphatic heterocycles.